The van der Waals surface area contributed by atoms with Crippen molar-refractivity contribution in [1.29, 1.82) is 5.26 Å². The molecule has 1 aromatic heterocycles. The van der Waals surface area contributed by atoms with E-state index in [1.54, 1.807) is 30.3 Å². The van der Waals surface area contributed by atoms with Crippen LogP contribution in [0.1, 0.15) is 15.9 Å². The number of carbonyl (C=O) groups is 1. The summed E-state index contributed by atoms with van der Waals surface area (Å²) in [6, 6.07) is 18.8. The van der Waals surface area contributed by atoms with E-state index in [0.29, 0.717) is 5.56 Å². The van der Waals surface area contributed by atoms with Gasteiger partial charge in [-0.1, -0.05) is 48.5 Å². The van der Waals surface area contributed by atoms with Crippen molar-refractivity contribution in [3.8, 4) is 6.07 Å². The average Bonchev–Trinajstić information content (AvgIpc) is 2.89. The summed E-state index contributed by atoms with van der Waals surface area (Å²) in [6.07, 6.45) is 3.60. The van der Waals surface area contributed by atoms with Crippen LogP contribution in [0.4, 0.5) is 0 Å². The number of nitriles is 1. The molecule has 22 heavy (non-hydrogen) atoms. The number of nitrogens with zero attached hydrogens (tertiary/aromatic N) is 2. The molecular formula is C19H14N2O. The first-order valence-corrected chi connectivity index (χ1v) is 6.96. The Balaban J connectivity index is 2.09. The highest BCUT2D eigenvalue weighted by Gasteiger charge is 2.13. The summed E-state index contributed by atoms with van der Waals surface area (Å²) in [5.74, 6) is -0.254. The largest absolute Gasteiger partial charge is 0.350 e. The molecule has 3 nitrogen and oxygen atoms in total. The molecule has 1 heterocycles. The summed E-state index contributed by atoms with van der Waals surface area (Å²) in [6.45, 7) is 0. The van der Waals surface area contributed by atoms with Gasteiger partial charge in [0.05, 0.1) is 0 Å². The van der Waals surface area contributed by atoms with E-state index in [1.165, 1.54) is 0 Å². The number of aromatic nitrogens is 1. The van der Waals surface area contributed by atoms with Crippen LogP contribution in [0, 0.1) is 11.3 Å². The summed E-state index contributed by atoms with van der Waals surface area (Å²) < 4.78 is 1.99. The molecule has 0 N–H and O–H groups in total. The van der Waals surface area contributed by atoms with Gasteiger partial charge in [-0.2, -0.15) is 5.26 Å². The highest BCUT2D eigenvalue weighted by atomic mass is 16.1. The van der Waals surface area contributed by atoms with Crippen molar-refractivity contribution in [3.05, 3.63) is 77.5 Å². The predicted molar refractivity (Wildman–Crippen MR) is 87.3 cm³/mol. The lowest BCUT2D eigenvalue weighted by Gasteiger charge is -1.99. The fourth-order valence-electron chi connectivity index (χ4n) is 2.54. The van der Waals surface area contributed by atoms with Gasteiger partial charge < -0.3 is 4.57 Å². The topological polar surface area (TPSA) is 45.8 Å². The maximum Gasteiger partial charge on any atom is 0.203 e. The summed E-state index contributed by atoms with van der Waals surface area (Å²) in [5.41, 5.74) is 2.61. The van der Waals surface area contributed by atoms with Gasteiger partial charge in [-0.05, 0) is 12.1 Å². The van der Waals surface area contributed by atoms with E-state index in [-0.39, 0.29) is 11.4 Å². The normalized spacial score (nSPS) is 11.4. The lowest BCUT2D eigenvalue weighted by molar-refractivity contribution is 0.104. The summed E-state index contributed by atoms with van der Waals surface area (Å²) in [4.78, 5) is 12.4. The van der Waals surface area contributed by atoms with Gasteiger partial charge >= 0.3 is 0 Å². The highest BCUT2D eigenvalue weighted by molar-refractivity contribution is 6.14. The van der Waals surface area contributed by atoms with E-state index in [0.717, 1.165) is 16.5 Å². The molecule has 0 bridgehead atoms. The van der Waals surface area contributed by atoms with Gasteiger partial charge in [-0.3, -0.25) is 4.79 Å². The summed E-state index contributed by atoms with van der Waals surface area (Å²) >= 11 is 0. The number of allylic oxidation sites excluding steroid dienone is 1. The van der Waals surface area contributed by atoms with E-state index < -0.39 is 0 Å². The van der Waals surface area contributed by atoms with Crippen LogP contribution in [0.15, 0.2) is 66.4 Å². The minimum absolute atomic E-state index is 0.141. The number of ketones is 1. The Hall–Kier alpha value is -3.12. The molecule has 0 atom stereocenters. The van der Waals surface area contributed by atoms with E-state index >= 15 is 0 Å². The second kappa shape index (κ2) is 5.71. The van der Waals surface area contributed by atoms with Crippen molar-refractivity contribution in [1.82, 2.24) is 4.57 Å². The quantitative estimate of drug-likeness (QED) is 0.415. The van der Waals surface area contributed by atoms with Crippen LogP contribution in [-0.4, -0.2) is 10.4 Å². The van der Waals surface area contributed by atoms with Crippen LogP contribution in [0.3, 0.4) is 0 Å². The van der Waals surface area contributed by atoms with Crippen molar-refractivity contribution in [2.24, 2.45) is 7.05 Å². The monoisotopic (exact) mass is 286 g/mol. The molecule has 3 aromatic rings. The van der Waals surface area contributed by atoms with Crippen LogP contribution in [-0.2, 0) is 7.05 Å². The van der Waals surface area contributed by atoms with Crippen LogP contribution >= 0.6 is 0 Å². The minimum atomic E-state index is -0.254. The first-order chi connectivity index (χ1) is 10.7. The molecule has 0 amide bonds. The van der Waals surface area contributed by atoms with Gasteiger partial charge in [0.1, 0.15) is 11.6 Å². The Labute approximate surface area is 128 Å². The molecule has 0 aliphatic carbocycles. The van der Waals surface area contributed by atoms with E-state index in [9.17, 15) is 10.1 Å². The van der Waals surface area contributed by atoms with Crippen LogP contribution < -0.4 is 0 Å². The number of para-hydroxylation sites is 1. The zero-order valence-electron chi connectivity index (χ0n) is 12.2. The third-order valence-corrected chi connectivity index (χ3v) is 3.63. The van der Waals surface area contributed by atoms with Crippen LogP contribution in [0.2, 0.25) is 0 Å². The molecule has 0 radical (unpaired) electrons. The number of hydrogen-bond donors (Lipinski definition) is 0. The van der Waals surface area contributed by atoms with Gasteiger partial charge in [0, 0.05) is 35.3 Å². The van der Waals surface area contributed by atoms with Gasteiger partial charge in [0.15, 0.2) is 0 Å². The average molecular weight is 286 g/mol. The van der Waals surface area contributed by atoms with E-state index in [1.807, 2.05) is 54.2 Å². The first-order valence-electron chi connectivity index (χ1n) is 6.96. The second-order valence-corrected chi connectivity index (χ2v) is 5.08. The summed E-state index contributed by atoms with van der Waals surface area (Å²) in [7, 11) is 1.95. The zero-order chi connectivity index (χ0) is 15.5. The number of hydrogen-bond acceptors (Lipinski definition) is 2. The third kappa shape index (κ3) is 2.43. The smallest absolute Gasteiger partial charge is 0.203 e. The molecule has 0 unspecified atom stereocenters. The molecule has 0 fully saturated rings. The second-order valence-electron chi connectivity index (χ2n) is 5.08. The van der Waals surface area contributed by atoms with Crippen molar-refractivity contribution in [2.45, 2.75) is 0 Å². The molecular weight excluding hydrogens is 272 g/mol. The molecule has 0 saturated carbocycles. The zero-order valence-corrected chi connectivity index (χ0v) is 12.2. The summed E-state index contributed by atoms with van der Waals surface area (Å²) in [5, 5.41) is 10.4. The Kier molecular flexibility index (Phi) is 3.59. The number of aryl methyl sites for hydroxylation is 1. The Morgan fingerprint density at radius 1 is 1.09 bits per heavy atom. The number of Topliss-reactive ketones (excluding diaryl/α,β-unsaturated/α-hetero) is 1. The van der Waals surface area contributed by atoms with Crippen LogP contribution in [0.5, 0.6) is 0 Å². The van der Waals surface area contributed by atoms with Gasteiger partial charge in [0.25, 0.3) is 0 Å². The first kappa shape index (κ1) is 13.8. The van der Waals surface area contributed by atoms with Crippen molar-refractivity contribution >= 4 is 22.8 Å². The minimum Gasteiger partial charge on any atom is -0.350 e. The van der Waals surface area contributed by atoms with Crippen molar-refractivity contribution in [2.75, 3.05) is 0 Å². The van der Waals surface area contributed by atoms with Crippen molar-refractivity contribution in [3.63, 3.8) is 0 Å². The molecule has 0 spiro atoms. The molecule has 0 aliphatic heterocycles. The Morgan fingerprint density at radius 2 is 1.77 bits per heavy atom. The number of rotatable bonds is 3. The van der Waals surface area contributed by atoms with Gasteiger partial charge in [-0.15, -0.1) is 0 Å². The van der Waals surface area contributed by atoms with E-state index in [4.69, 9.17) is 0 Å². The number of carbonyl (C=O) groups excluding carboxylic acids is 1. The molecule has 2 aromatic carbocycles. The highest BCUT2D eigenvalue weighted by Crippen LogP contribution is 2.23. The fraction of sp³-hybridized carbons (Fsp3) is 0.0526. The molecule has 0 saturated heterocycles. The fourth-order valence-corrected chi connectivity index (χ4v) is 2.54. The molecule has 0 aliphatic rings. The SMILES string of the molecule is Cn1cc(/C=C(\C#N)C(=O)c2ccccc2)c2ccccc21. The maximum atomic E-state index is 12.4. The predicted octanol–water partition coefficient (Wildman–Crippen LogP) is 3.97. The Bertz CT molecular complexity index is 912. The third-order valence-electron chi connectivity index (χ3n) is 3.63. The van der Waals surface area contributed by atoms with Crippen molar-refractivity contribution < 1.29 is 4.79 Å². The number of benzene rings is 2. The van der Waals surface area contributed by atoms with Crippen LogP contribution in [0.25, 0.3) is 17.0 Å². The molecule has 3 rings (SSSR count). The molecule has 106 valence electrons. The lowest BCUT2D eigenvalue weighted by atomic mass is 10.0. The molecule has 3 heteroatoms. The van der Waals surface area contributed by atoms with Gasteiger partial charge in [0.2, 0.25) is 5.78 Å². The number of fused-ring (bicyclic) bond motifs is 1. The van der Waals surface area contributed by atoms with E-state index in [2.05, 4.69) is 0 Å². The van der Waals surface area contributed by atoms with Gasteiger partial charge in [-0.25, -0.2) is 0 Å². The lowest BCUT2D eigenvalue weighted by Crippen LogP contribution is -2.01. The Morgan fingerprint density at radius 3 is 2.50 bits per heavy atom. The standard InChI is InChI=1S/C19H14N2O/c1-21-13-16(17-9-5-6-10-18(17)21)11-15(12-20)19(22)14-7-3-2-4-8-14/h2-11,13H,1H3/b15-11+. The maximum absolute atomic E-state index is 12.4.